The third-order valence-corrected chi connectivity index (χ3v) is 2.17. The van der Waals surface area contributed by atoms with E-state index in [1.807, 2.05) is 0 Å². The fraction of sp³-hybridized carbons (Fsp3) is 0.364. The average molecular weight is 267 g/mol. The molecule has 7 heteroatoms. The highest BCUT2D eigenvalue weighted by Crippen LogP contribution is 2.17. The minimum Gasteiger partial charge on any atom is -0.302 e. The topological polar surface area (TPSA) is 29.1 Å². The highest BCUT2D eigenvalue weighted by Gasteiger charge is 2.27. The van der Waals surface area contributed by atoms with Crippen molar-refractivity contribution < 1.29 is 26.7 Å². The minimum absolute atomic E-state index is 0.0515. The zero-order chi connectivity index (χ0) is 13.9. The van der Waals surface area contributed by atoms with Gasteiger partial charge in [-0.3, -0.25) is 4.79 Å². The summed E-state index contributed by atoms with van der Waals surface area (Å²) in [6, 6.07) is 2.04. The molecule has 0 heterocycles. The molecule has 0 radical (unpaired) electrons. The van der Waals surface area contributed by atoms with Gasteiger partial charge in [-0.25, -0.2) is 8.78 Å². The molecule has 0 spiro atoms. The predicted octanol–water partition coefficient (Wildman–Crippen LogP) is 2.61. The second kappa shape index (κ2) is 5.43. The van der Waals surface area contributed by atoms with Crippen molar-refractivity contribution in [1.82, 2.24) is 5.32 Å². The van der Waals surface area contributed by atoms with Crippen LogP contribution in [0.3, 0.4) is 0 Å². The molecule has 1 aromatic rings. The van der Waals surface area contributed by atoms with E-state index in [9.17, 15) is 26.7 Å². The molecule has 0 aliphatic rings. The highest BCUT2D eigenvalue weighted by molar-refractivity contribution is 5.98. The van der Waals surface area contributed by atoms with E-state index in [2.05, 4.69) is 0 Å². The maximum absolute atomic E-state index is 13.5. The summed E-state index contributed by atoms with van der Waals surface area (Å²) in [5.41, 5.74) is -0.764. The van der Waals surface area contributed by atoms with E-state index in [-0.39, 0.29) is 5.56 Å². The fourth-order valence-corrected chi connectivity index (χ4v) is 1.32. The number of carbonyl (C=O) groups excluding carboxylic acids is 1. The summed E-state index contributed by atoms with van der Waals surface area (Å²) in [5, 5.41) is 1.79. The summed E-state index contributed by atoms with van der Waals surface area (Å²) in [6.45, 7) is -0.848. The molecular weight excluding hydrogens is 257 g/mol. The number of ketones is 1. The third kappa shape index (κ3) is 3.76. The highest BCUT2D eigenvalue weighted by atomic mass is 19.4. The fourth-order valence-electron chi connectivity index (χ4n) is 1.32. The second-order valence-corrected chi connectivity index (χ2v) is 3.70. The zero-order valence-corrected chi connectivity index (χ0v) is 9.37. The van der Waals surface area contributed by atoms with E-state index in [0.717, 1.165) is 12.1 Å². The van der Waals surface area contributed by atoms with Crippen LogP contribution in [0.25, 0.3) is 0 Å². The Hall–Kier alpha value is -1.50. The third-order valence-electron chi connectivity index (χ3n) is 2.17. The number of carbonyl (C=O) groups is 1. The molecule has 0 saturated heterocycles. The quantitative estimate of drug-likeness (QED) is 0.671. The van der Waals surface area contributed by atoms with Gasteiger partial charge in [-0.1, -0.05) is 6.07 Å². The van der Waals surface area contributed by atoms with Gasteiger partial charge in [-0.05, 0) is 18.6 Å². The zero-order valence-electron chi connectivity index (χ0n) is 9.37. The maximum atomic E-state index is 13.5. The van der Waals surface area contributed by atoms with Gasteiger partial charge in [-0.2, -0.15) is 13.2 Å². The minimum atomic E-state index is -4.48. The van der Waals surface area contributed by atoms with Gasteiger partial charge in [0.2, 0.25) is 0 Å². The molecule has 1 N–H and O–H groups in total. The first-order valence-corrected chi connectivity index (χ1v) is 4.97. The number of halogens is 5. The van der Waals surface area contributed by atoms with Crippen LogP contribution in [0.15, 0.2) is 12.1 Å². The lowest BCUT2D eigenvalue weighted by atomic mass is 10.1. The van der Waals surface area contributed by atoms with Crippen molar-refractivity contribution in [3.63, 3.8) is 0 Å². The van der Waals surface area contributed by atoms with Gasteiger partial charge in [0.1, 0.15) is 11.6 Å². The summed E-state index contributed by atoms with van der Waals surface area (Å²) in [7, 11) is 0. The van der Waals surface area contributed by atoms with Crippen LogP contribution in [-0.4, -0.2) is 25.0 Å². The number of Topliss-reactive ketones (excluding diaryl/α,β-unsaturated/α-hetero) is 1. The number of alkyl halides is 3. The van der Waals surface area contributed by atoms with Gasteiger partial charge in [0.05, 0.1) is 18.7 Å². The van der Waals surface area contributed by atoms with Crippen LogP contribution in [0.2, 0.25) is 0 Å². The lowest BCUT2D eigenvalue weighted by Crippen LogP contribution is -2.33. The Balaban J connectivity index is 2.76. The molecular formula is C11H10F5NO. The van der Waals surface area contributed by atoms with Gasteiger partial charge in [-0.15, -0.1) is 0 Å². The maximum Gasteiger partial charge on any atom is 0.401 e. The van der Waals surface area contributed by atoms with E-state index in [0.29, 0.717) is 0 Å². The van der Waals surface area contributed by atoms with E-state index in [4.69, 9.17) is 0 Å². The van der Waals surface area contributed by atoms with Gasteiger partial charge in [0, 0.05) is 0 Å². The molecule has 0 unspecified atom stereocenters. The molecule has 0 atom stereocenters. The molecule has 1 aromatic carbocycles. The Morgan fingerprint density at radius 3 is 2.44 bits per heavy atom. The lowest BCUT2D eigenvalue weighted by Gasteiger charge is -2.09. The SMILES string of the molecule is Cc1ccc(F)c(C(=O)CNCC(F)(F)F)c1F. The van der Waals surface area contributed by atoms with Crippen LogP contribution in [0.4, 0.5) is 22.0 Å². The second-order valence-electron chi connectivity index (χ2n) is 3.70. The molecule has 2 nitrogen and oxygen atoms in total. The van der Waals surface area contributed by atoms with Gasteiger partial charge in [0.25, 0.3) is 0 Å². The standard InChI is InChI=1S/C11H10F5NO/c1-6-2-3-7(12)9(10(6)13)8(18)4-17-5-11(14,15)16/h2-3,17H,4-5H2,1H3. The van der Waals surface area contributed by atoms with Crippen LogP contribution >= 0.6 is 0 Å². The smallest absolute Gasteiger partial charge is 0.302 e. The molecule has 0 aliphatic carbocycles. The van der Waals surface area contributed by atoms with Crippen LogP contribution in [0, 0.1) is 18.6 Å². The summed E-state index contributed by atoms with van der Waals surface area (Å²) in [4.78, 5) is 11.4. The molecule has 0 bridgehead atoms. The van der Waals surface area contributed by atoms with E-state index in [1.165, 1.54) is 6.92 Å². The molecule has 0 amide bonds. The Kier molecular flexibility index (Phi) is 4.39. The summed E-state index contributed by atoms with van der Waals surface area (Å²) in [5.74, 6) is -3.19. The molecule has 0 fully saturated rings. The van der Waals surface area contributed by atoms with Gasteiger partial charge >= 0.3 is 6.18 Å². The number of hydrogen-bond donors (Lipinski definition) is 1. The Bertz CT molecular complexity index is 455. The Morgan fingerprint density at radius 2 is 1.89 bits per heavy atom. The van der Waals surface area contributed by atoms with Crippen molar-refractivity contribution in [3.05, 3.63) is 34.9 Å². The largest absolute Gasteiger partial charge is 0.401 e. The molecule has 18 heavy (non-hydrogen) atoms. The van der Waals surface area contributed by atoms with Crippen molar-refractivity contribution in [1.29, 1.82) is 0 Å². The first kappa shape index (κ1) is 14.6. The van der Waals surface area contributed by atoms with Crippen molar-refractivity contribution >= 4 is 5.78 Å². The Morgan fingerprint density at radius 1 is 1.28 bits per heavy atom. The number of aryl methyl sites for hydroxylation is 1. The number of rotatable bonds is 4. The number of hydrogen-bond acceptors (Lipinski definition) is 2. The summed E-state index contributed by atoms with van der Waals surface area (Å²) in [6.07, 6.45) is -4.48. The molecule has 0 aliphatic heterocycles. The predicted molar refractivity (Wildman–Crippen MR) is 54.4 cm³/mol. The average Bonchev–Trinajstić information content (AvgIpc) is 2.22. The number of benzene rings is 1. The van der Waals surface area contributed by atoms with Crippen LogP contribution in [0.1, 0.15) is 15.9 Å². The molecule has 0 saturated carbocycles. The van der Waals surface area contributed by atoms with Crippen LogP contribution in [-0.2, 0) is 0 Å². The normalized spacial score (nSPS) is 11.7. The molecule has 0 aromatic heterocycles. The molecule has 100 valence electrons. The Labute approximate surface area is 99.8 Å². The van der Waals surface area contributed by atoms with E-state index < -0.39 is 42.2 Å². The number of nitrogens with one attached hydrogen (secondary N) is 1. The monoisotopic (exact) mass is 267 g/mol. The first-order chi connectivity index (χ1) is 8.22. The van der Waals surface area contributed by atoms with Crippen LogP contribution < -0.4 is 5.32 Å². The lowest BCUT2D eigenvalue weighted by molar-refractivity contribution is -0.124. The van der Waals surface area contributed by atoms with E-state index >= 15 is 0 Å². The molecule has 1 rings (SSSR count). The van der Waals surface area contributed by atoms with Gasteiger partial charge < -0.3 is 5.32 Å². The van der Waals surface area contributed by atoms with Gasteiger partial charge in [0.15, 0.2) is 5.78 Å². The van der Waals surface area contributed by atoms with E-state index in [1.54, 1.807) is 5.32 Å². The first-order valence-electron chi connectivity index (χ1n) is 4.97. The van der Waals surface area contributed by atoms with Crippen LogP contribution in [0.5, 0.6) is 0 Å². The van der Waals surface area contributed by atoms with Crippen molar-refractivity contribution in [2.75, 3.05) is 13.1 Å². The van der Waals surface area contributed by atoms with Crippen molar-refractivity contribution in [3.8, 4) is 0 Å². The van der Waals surface area contributed by atoms with Crippen molar-refractivity contribution in [2.45, 2.75) is 13.1 Å². The van der Waals surface area contributed by atoms with Crippen molar-refractivity contribution in [2.24, 2.45) is 0 Å². The summed E-state index contributed by atoms with van der Waals surface area (Å²) >= 11 is 0. The summed E-state index contributed by atoms with van der Waals surface area (Å²) < 4.78 is 62.1.